The van der Waals surface area contributed by atoms with Gasteiger partial charge in [0.1, 0.15) is 11.6 Å². The zero-order valence-electron chi connectivity index (χ0n) is 14.3. The summed E-state index contributed by atoms with van der Waals surface area (Å²) in [5.74, 6) is -0.428. The number of para-hydroxylation sites is 1. The average molecular weight is 381 g/mol. The van der Waals surface area contributed by atoms with Gasteiger partial charge in [0.2, 0.25) is 0 Å². The number of amides is 1. The Bertz CT molecular complexity index is 1150. The summed E-state index contributed by atoms with van der Waals surface area (Å²) >= 11 is 5.98. The van der Waals surface area contributed by atoms with Crippen molar-refractivity contribution in [3.63, 3.8) is 0 Å². The largest absolute Gasteiger partial charge is 0.306 e. The second-order valence-electron chi connectivity index (χ2n) is 6.00. The Labute approximate surface area is 159 Å². The van der Waals surface area contributed by atoms with E-state index in [0.717, 1.165) is 10.9 Å². The number of carbonyl (C=O) groups excluding carboxylic acids is 1. The predicted octanol–water partition coefficient (Wildman–Crippen LogP) is 4.77. The molecule has 0 aliphatic rings. The molecule has 1 amide bonds. The Morgan fingerprint density at radius 1 is 1.11 bits per heavy atom. The molecule has 0 bridgehead atoms. The highest BCUT2D eigenvalue weighted by Gasteiger charge is 2.19. The van der Waals surface area contributed by atoms with Crippen LogP contribution in [0, 0.1) is 12.7 Å². The molecule has 0 atom stereocenters. The second kappa shape index (κ2) is 6.81. The maximum absolute atomic E-state index is 14.0. The number of fused-ring (bicyclic) bond motifs is 1. The Hall–Kier alpha value is -3.25. The summed E-state index contributed by atoms with van der Waals surface area (Å²) in [5.41, 5.74) is 1.27. The van der Waals surface area contributed by atoms with E-state index in [1.165, 1.54) is 22.9 Å². The monoisotopic (exact) mass is 380 g/mol. The van der Waals surface area contributed by atoms with Gasteiger partial charge in [-0.15, -0.1) is 0 Å². The molecular weight excluding hydrogens is 367 g/mol. The number of rotatable bonds is 3. The molecule has 1 N–H and O–H groups in total. The molecular formula is C20H14ClFN4O. The number of nitrogens with zero attached hydrogens (tertiary/aromatic N) is 3. The van der Waals surface area contributed by atoms with Gasteiger partial charge >= 0.3 is 0 Å². The molecule has 5 nitrogen and oxygen atoms in total. The Morgan fingerprint density at radius 3 is 2.74 bits per heavy atom. The number of hydrogen-bond donors (Lipinski definition) is 1. The van der Waals surface area contributed by atoms with E-state index in [0.29, 0.717) is 17.3 Å². The lowest BCUT2D eigenvalue weighted by Gasteiger charge is -2.10. The molecule has 2 aromatic carbocycles. The lowest BCUT2D eigenvalue weighted by atomic mass is 10.2. The van der Waals surface area contributed by atoms with Gasteiger partial charge in [0.15, 0.2) is 5.82 Å². The lowest BCUT2D eigenvalue weighted by Crippen LogP contribution is -2.17. The summed E-state index contributed by atoms with van der Waals surface area (Å²) in [5, 5.41) is 8.10. The van der Waals surface area contributed by atoms with Gasteiger partial charge in [-0.2, -0.15) is 9.78 Å². The fourth-order valence-electron chi connectivity index (χ4n) is 2.83. The normalized spacial score (nSPS) is 10.9. The smallest absolute Gasteiger partial charge is 0.261 e. The van der Waals surface area contributed by atoms with Crippen molar-refractivity contribution >= 4 is 34.2 Å². The number of halogens is 2. The molecule has 0 aliphatic carbocycles. The molecule has 0 fully saturated rings. The molecule has 27 heavy (non-hydrogen) atoms. The predicted molar refractivity (Wildman–Crippen MR) is 103 cm³/mol. The number of pyridine rings is 1. The summed E-state index contributed by atoms with van der Waals surface area (Å²) in [6.45, 7) is 1.79. The Balaban J connectivity index is 1.73. The van der Waals surface area contributed by atoms with Gasteiger partial charge in [-0.25, -0.2) is 9.37 Å². The molecule has 0 unspecified atom stereocenters. The van der Waals surface area contributed by atoms with Crippen LogP contribution in [-0.4, -0.2) is 20.7 Å². The molecule has 0 radical (unpaired) electrons. The fraction of sp³-hybridized carbons (Fsp3) is 0.0500. The lowest BCUT2D eigenvalue weighted by molar-refractivity contribution is 0.102. The van der Waals surface area contributed by atoms with Crippen molar-refractivity contribution in [1.29, 1.82) is 0 Å². The van der Waals surface area contributed by atoms with E-state index in [4.69, 9.17) is 11.6 Å². The van der Waals surface area contributed by atoms with Crippen LogP contribution in [0.2, 0.25) is 5.02 Å². The number of aromatic nitrogens is 3. The van der Waals surface area contributed by atoms with E-state index >= 15 is 0 Å². The van der Waals surface area contributed by atoms with Crippen molar-refractivity contribution in [2.75, 3.05) is 5.32 Å². The van der Waals surface area contributed by atoms with Crippen LogP contribution in [-0.2, 0) is 0 Å². The molecule has 4 aromatic rings. The summed E-state index contributed by atoms with van der Waals surface area (Å²) in [4.78, 5) is 17.1. The van der Waals surface area contributed by atoms with Gasteiger partial charge in [0.05, 0.1) is 21.8 Å². The average Bonchev–Trinajstić information content (AvgIpc) is 3.01. The SMILES string of the molecule is Cc1cc(NC(=O)c2c(F)cccc2Cl)n(-c2ccc3ccccc3n2)n1. The Kier molecular flexibility index (Phi) is 4.33. The van der Waals surface area contributed by atoms with Crippen molar-refractivity contribution in [3.05, 3.63) is 82.8 Å². The minimum Gasteiger partial charge on any atom is -0.306 e. The van der Waals surface area contributed by atoms with Crippen LogP contribution in [0.25, 0.3) is 16.7 Å². The number of carbonyl (C=O) groups is 1. The first-order valence-electron chi connectivity index (χ1n) is 8.21. The van der Waals surface area contributed by atoms with Gasteiger partial charge in [0.25, 0.3) is 5.91 Å². The number of hydrogen-bond acceptors (Lipinski definition) is 3. The van der Waals surface area contributed by atoms with Crippen LogP contribution in [0.5, 0.6) is 0 Å². The molecule has 0 saturated carbocycles. The third-order valence-corrected chi connectivity index (χ3v) is 4.38. The third kappa shape index (κ3) is 3.27. The maximum atomic E-state index is 14.0. The minimum atomic E-state index is -0.688. The van der Waals surface area contributed by atoms with Crippen LogP contribution in [0.4, 0.5) is 10.2 Å². The van der Waals surface area contributed by atoms with E-state index < -0.39 is 11.7 Å². The number of benzene rings is 2. The van der Waals surface area contributed by atoms with Crippen molar-refractivity contribution in [2.24, 2.45) is 0 Å². The van der Waals surface area contributed by atoms with Gasteiger partial charge in [0, 0.05) is 11.5 Å². The van der Waals surface area contributed by atoms with E-state index in [1.807, 2.05) is 30.3 Å². The molecule has 0 spiro atoms. The highest BCUT2D eigenvalue weighted by Crippen LogP contribution is 2.23. The zero-order valence-corrected chi connectivity index (χ0v) is 15.0. The summed E-state index contributed by atoms with van der Waals surface area (Å²) < 4.78 is 15.5. The quantitative estimate of drug-likeness (QED) is 0.556. The van der Waals surface area contributed by atoms with Crippen LogP contribution < -0.4 is 5.32 Å². The molecule has 4 rings (SSSR count). The van der Waals surface area contributed by atoms with Crippen molar-refractivity contribution < 1.29 is 9.18 Å². The van der Waals surface area contributed by atoms with E-state index in [-0.39, 0.29) is 10.6 Å². The van der Waals surface area contributed by atoms with E-state index in [9.17, 15) is 9.18 Å². The first kappa shape index (κ1) is 17.2. The first-order valence-corrected chi connectivity index (χ1v) is 8.59. The van der Waals surface area contributed by atoms with Gasteiger partial charge in [-0.1, -0.05) is 35.9 Å². The standard InChI is InChI=1S/C20H14ClFN4O/c1-12-11-18(24-20(27)19-14(21)6-4-7-15(19)22)26(25-12)17-10-9-13-5-2-3-8-16(13)23-17/h2-11H,1H3,(H,24,27). The molecule has 0 saturated heterocycles. The number of nitrogens with one attached hydrogen (secondary N) is 1. The van der Waals surface area contributed by atoms with Crippen LogP contribution in [0.15, 0.2) is 60.7 Å². The molecule has 2 aromatic heterocycles. The van der Waals surface area contributed by atoms with Crippen LogP contribution in [0.3, 0.4) is 0 Å². The van der Waals surface area contributed by atoms with Crippen molar-refractivity contribution in [3.8, 4) is 5.82 Å². The highest BCUT2D eigenvalue weighted by atomic mass is 35.5. The number of aryl methyl sites for hydroxylation is 1. The summed E-state index contributed by atoms with van der Waals surface area (Å²) in [6, 6.07) is 17.2. The van der Waals surface area contributed by atoms with Crippen LogP contribution in [0.1, 0.15) is 16.1 Å². The van der Waals surface area contributed by atoms with Gasteiger partial charge in [-0.05, 0) is 37.3 Å². The summed E-state index contributed by atoms with van der Waals surface area (Å²) in [7, 11) is 0. The fourth-order valence-corrected chi connectivity index (χ4v) is 3.08. The highest BCUT2D eigenvalue weighted by molar-refractivity contribution is 6.34. The third-order valence-electron chi connectivity index (χ3n) is 4.06. The van der Waals surface area contributed by atoms with Crippen molar-refractivity contribution in [1.82, 2.24) is 14.8 Å². The summed E-state index contributed by atoms with van der Waals surface area (Å²) in [6.07, 6.45) is 0. The molecule has 7 heteroatoms. The zero-order chi connectivity index (χ0) is 19.0. The molecule has 134 valence electrons. The van der Waals surface area contributed by atoms with E-state index in [1.54, 1.807) is 19.1 Å². The molecule has 2 heterocycles. The first-order chi connectivity index (χ1) is 13.0. The van der Waals surface area contributed by atoms with E-state index in [2.05, 4.69) is 15.4 Å². The van der Waals surface area contributed by atoms with Gasteiger partial charge in [-0.3, -0.25) is 4.79 Å². The van der Waals surface area contributed by atoms with Crippen molar-refractivity contribution in [2.45, 2.75) is 6.92 Å². The topological polar surface area (TPSA) is 59.8 Å². The molecule has 0 aliphatic heterocycles. The Morgan fingerprint density at radius 2 is 1.93 bits per heavy atom. The minimum absolute atomic E-state index is 0.0408. The van der Waals surface area contributed by atoms with Crippen LogP contribution >= 0.6 is 11.6 Å². The maximum Gasteiger partial charge on any atom is 0.261 e. The number of anilines is 1. The van der Waals surface area contributed by atoms with Gasteiger partial charge < -0.3 is 5.32 Å². The second-order valence-corrected chi connectivity index (χ2v) is 6.40.